The second kappa shape index (κ2) is 11.1. The molecule has 198 valence electrons. The van der Waals surface area contributed by atoms with E-state index >= 15 is 4.39 Å². The van der Waals surface area contributed by atoms with Crippen LogP contribution >= 0.6 is 0 Å². The summed E-state index contributed by atoms with van der Waals surface area (Å²) >= 11 is 0. The van der Waals surface area contributed by atoms with Crippen molar-refractivity contribution >= 4 is 23.1 Å². The molecular formula is C28H24F4N2O4. The van der Waals surface area contributed by atoms with E-state index in [0.717, 1.165) is 5.56 Å². The minimum atomic E-state index is -5.45. The summed E-state index contributed by atoms with van der Waals surface area (Å²) in [4.78, 5) is 25.5. The van der Waals surface area contributed by atoms with Crippen molar-refractivity contribution in [3.63, 3.8) is 0 Å². The van der Waals surface area contributed by atoms with E-state index in [1.807, 2.05) is 35.2 Å². The Kier molecular flexibility index (Phi) is 7.82. The van der Waals surface area contributed by atoms with Crippen LogP contribution in [0.4, 0.5) is 23.2 Å². The van der Waals surface area contributed by atoms with Crippen LogP contribution in [0.1, 0.15) is 22.3 Å². The fourth-order valence-electron chi connectivity index (χ4n) is 4.35. The van der Waals surface area contributed by atoms with Crippen LogP contribution in [0.15, 0.2) is 73.3 Å². The maximum absolute atomic E-state index is 16.2. The molecule has 1 aliphatic rings. The molecule has 0 aliphatic carbocycles. The predicted molar refractivity (Wildman–Crippen MR) is 133 cm³/mol. The first kappa shape index (κ1) is 26.9. The summed E-state index contributed by atoms with van der Waals surface area (Å²) in [5.74, 6) is -5.81. The Morgan fingerprint density at radius 1 is 1.00 bits per heavy atom. The number of amides is 1. The summed E-state index contributed by atoms with van der Waals surface area (Å²) in [6.07, 6.45) is -5.45. The number of fused-ring (bicyclic) bond motifs is 1. The van der Waals surface area contributed by atoms with Gasteiger partial charge in [0.25, 0.3) is 0 Å². The SMILES string of the molecule is C=C1CN(Cc2ccccc2)Cc2c1cc(OCc1ccccc1)c(N(CC(=O)O)C(=O)C(F)(F)F)c2F. The van der Waals surface area contributed by atoms with Crippen molar-refractivity contribution in [2.45, 2.75) is 25.9 Å². The van der Waals surface area contributed by atoms with Crippen LogP contribution in [0.2, 0.25) is 0 Å². The first-order chi connectivity index (χ1) is 18.0. The Morgan fingerprint density at radius 2 is 1.61 bits per heavy atom. The smallest absolute Gasteiger partial charge is 0.471 e. The van der Waals surface area contributed by atoms with Gasteiger partial charge in [0.15, 0.2) is 5.82 Å². The zero-order chi connectivity index (χ0) is 27.4. The minimum absolute atomic E-state index is 0.00215. The fraction of sp³-hybridized carbons (Fsp3) is 0.214. The van der Waals surface area contributed by atoms with E-state index in [2.05, 4.69) is 6.58 Å². The lowest BCUT2D eigenvalue weighted by Crippen LogP contribution is -2.45. The monoisotopic (exact) mass is 528 g/mol. The summed E-state index contributed by atoms with van der Waals surface area (Å²) in [6, 6.07) is 19.3. The number of nitrogens with zero attached hydrogens (tertiary/aromatic N) is 2. The lowest BCUT2D eigenvalue weighted by Gasteiger charge is -2.33. The normalized spacial score (nSPS) is 13.6. The molecule has 1 heterocycles. The van der Waals surface area contributed by atoms with Gasteiger partial charge in [-0.25, -0.2) is 4.39 Å². The zero-order valence-electron chi connectivity index (χ0n) is 20.2. The van der Waals surface area contributed by atoms with Crippen molar-refractivity contribution in [1.82, 2.24) is 4.90 Å². The second-order valence-electron chi connectivity index (χ2n) is 8.85. The molecule has 3 aromatic carbocycles. The van der Waals surface area contributed by atoms with Gasteiger partial charge >= 0.3 is 18.1 Å². The van der Waals surface area contributed by atoms with Gasteiger partial charge in [-0.05, 0) is 28.3 Å². The number of carbonyl (C=O) groups excluding carboxylic acids is 1. The van der Waals surface area contributed by atoms with Gasteiger partial charge in [-0.15, -0.1) is 0 Å². The molecule has 38 heavy (non-hydrogen) atoms. The molecule has 1 amide bonds. The topological polar surface area (TPSA) is 70.1 Å². The lowest BCUT2D eigenvalue weighted by atomic mass is 9.93. The minimum Gasteiger partial charge on any atom is -0.487 e. The Morgan fingerprint density at radius 3 is 2.18 bits per heavy atom. The van der Waals surface area contributed by atoms with Crippen molar-refractivity contribution in [1.29, 1.82) is 0 Å². The Balaban J connectivity index is 1.80. The molecule has 0 atom stereocenters. The van der Waals surface area contributed by atoms with E-state index < -0.39 is 36.1 Å². The van der Waals surface area contributed by atoms with Crippen LogP contribution < -0.4 is 9.64 Å². The van der Waals surface area contributed by atoms with E-state index in [1.54, 1.807) is 30.3 Å². The van der Waals surface area contributed by atoms with Crippen LogP contribution in [0.3, 0.4) is 0 Å². The molecule has 0 bridgehead atoms. The first-order valence-corrected chi connectivity index (χ1v) is 11.6. The van der Waals surface area contributed by atoms with Crippen molar-refractivity contribution < 1.29 is 37.0 Å². The highest BCUT2D eigenvalue weighted by molar-refractivity contribution is 6.02. The highest BCUT2D eigenvalue weighted by Crippen LogP contribution is 2.42. The van der Waals surface area contributed by atoms with E-state index in [-0.39, 0.29) is 29.4 Å². The number of aliphatic carboxylic acids is 1. The quantitative estimate of drug-likeness (QED) is 0.396. The second-order valence-corrected chi connectivity index (χ2v) is 8.85. The van der Waals surface area contributed by atoms with Crippen molar-refractivity contribution in [3.05, 3.63) is 101 Å². The number of carboxylic acids is 1. The molecule has 1 aliphatic heterocycles. The van der Waals surface area contributed by atoms with Gasteiger partial charge in [0.05, 0.1) is 0 Å². The maximum atomic E-state index is 16.2. The predicted octanol–water partition coefficient (Wildman–Crippen LogP) is 5.41. The fourth-order valence-corrected chi connectivity index (χ4v) is 4.35. The molecule has 4 rings (SSSR count). The van der Waals surface area contributed by atoms with Gasteiger partial charge < -0.3 is 9.84 Å². The summed E-state index contributed by atoms with van der Waals surface area (Å²) in [5.41, 5.74) is 1.55. The van der Waals surface area contributed by atoms with Gasteiger partial charge in [-0.3, -0.25) is 19.4 Å². The Hall–Kier alpha value is -4.18. The van der Waals surface area contributed by atoms with Crippen LogP contribution in [-0.4, -0.2) is 41.1 Å². The number of carbonyl (C=O) groups is 2. The molecule has 0 saturated heterocycles. The molecule has 0 radical (unpaired) electrons. The third-order valence-corrected chi connectivity index (χ3v) is 6.02. The average Bonchev–Trinajstić information content (AvgIpc) is 2.87. The van der Waals surface area contributed by atoms with Crippen LogP contribution in [0, 0.1) is 5.82 Å². The largest absolute Gasteiger partial charge is 0.487 e. The van der Waals surface area contributed by atoms with Gasteiger partial charge in [0.1, 0.15) is 24.6 Å². The number of alkyl halides is 3. The van der Waals surface area contributed by atoms with Crippen LogP contribution in [-0.2, 0) is 29.3 Å². The number of carboxylic acid groups (broad SMARTS) is 1. The molecule has 1 N–H and O–H groups in total. The number of hydrogen-bond acceptors (Lipinski definition) is 4. The van der Waals surface area contributed by atoms with E-state index in [9.17, 15) is 27.9 Å². The molecule has 0 unspecified atom stereocenters. The van der Waals surface area contributed by atoms with Crippen molar-refractivity contribution in [3.8, 4) is 5.75 Å². The number of halogens is 4. The van der Waals surface area contributed by atoms with Crippen LogP contribution in [0.25, 0.3) is 5.57 Å². The standard InChI is InChI=1S/C28H24F4N2O4/c1-18-13-33(14-19-8-4-2-5-9-19)15-22-21(18)12-23(38-17-20-10-6-3-7-11-20)26(25(22)29)34(16-24(35)36)27(37)28(30,31)32/h2-12H,1,13-17H2,(H,35,36). The van der Waals surface area contributed by atoms with E-state index in [0.29, 0.717) is 29.8 Å². The number of rotatable bonds is 8. The summed E-state index contributed by atoms with van der Waals surface area (Å²) < 4.78 is 62.3. The average molecular weight is 529 g/mol. The zero-order valence-corrected chi connectivity index (χ0v) is 20.2. The van der Waals surface area contributed by atoms with Gasteiger partial charge in [-0.2, -0.15) is 13.2 Å². The van der Waals surface area contributed by atoms with Gasteiger partial charge in [0, 0.05) is 25.2 Å². The van der Waals surface area contributed by atoms with E-state index in [1.165, 1.54) is 6.07 Å². The highest BCUT2D eigenvalue weighted by atomic mass is 19.4. The Labute approximate surface area is 216 Å². The lowest BCUT2D eigenvalue weighted by molar-refractivity contribution is -0.171. The molecule has 0 aromatic heterocycles. The molecule has 0 spiro atoms. The molecule has 0 saturated carbocycles. The number of anilines is 1. The Bertz CT molecular complexity index is 1340. The van der Waals surface area contributed by atoms with Crippen molar-refractivity contribution in [2.24, 2.45) is 0 Å². The first-order valence-electron chi connectivity index (χ1n) is 11.6. The third-order valence-electron chi connectivity index (χ3n) is 6.02. The number of ether oxygens (including phenoxy) is 1. The third kappa shape index (κ3) is 6.03. The highest BCUT2D eigenvalue weighted by Gasteiger charge is 2.46. The summed E-state index contributed by atoms with van der Waals surface area (Å²) in [5, 5.41) is 9.29. The van der Waals surface area contributed by atoms with E-state index in [4.69, 9.17) is 4.74 Å². The molecule has 10 heteroatoms. The van der Waals surface area contributed by atoms with Gasteiger partial charge in [-0.1, -0.05) is 67.2 Å². The van der Waals surface area contributed by atoms with Crippen molar-refractivity contribution in [2.75, 3.05) is 18.0 Å². The molecular weight excluding hydrogens is 504 g/mol. The number of hydrogen-bond donors (Lipinski definition) is 1. The van der Waals surface area contributed by atoms with Crippen LogP contribution in [0.5, 0.6) is 5.75 Å². The molecule has 6 nitrogen and oxygen atoms in total. The maximum Gasteiger partial charge on any atom is 0.471 e. The molecule has 0 fully saturated rings. The van der Waals surface area contributed by atoms with Gasteiger partial charge in [0.2, 0.25) is 0 Å². The summed E-state index contributed by atoms with van der Waals surface area (Å²) in [7, 11) is 0. The molecule has 3 aromatic rings. The summed E-state index contributed by atoms with van der Waals surface area (Å²) in [6.45, 7) is 3.24. The number of benzene rings is 3.